The van der Waals surface area contributed by atoms with Gasteiger partial charge in [-0.15, -0.1) is 13.2 Å². The predicted octanol–water partition coefficient (Wildman–Crippen LogP) is 16.3. The first-order chi connectivity index (χ1) is 29.3. The zero-order valence-corrected chi connectivity index (χ0v) is 31.9. The summed E-state index contributed by atoms with van der Waals surface area (Å²) in [6.07, 6.45) is -4.80. The van der Waals surface area contributed by atoms with Crippen LogP contribution in [0.25, 0.3) is 109 Å². The predicted molar refractivity (Wildman–Crippen MR) is 240 cm³/mol. The first-order valence-corrected chi connectivity index (χ1v) is 19.7. The molecule has 0 bridgehead atoms. The van der Waals surface area contributed by atoms with Crippen LogP contribution in [0.3, 0.4) is 0 Å². The maximum absolute atomic E-state index is 14.1. The Morgan fingerprint density at radius 1 is 0.317 bits per heavy atom. The number of hydrogen-bond acceptors (Lipinski definition) is 1. The number of fused-ring (bicyclic) bond motifs is 8. The summed E-state index contributed by atoms with van der Waals surface area (Å²) in [5.41, 5.74) is 7.60. The van der Waals surface area contributed by atoms with Crippen LogP contribution >= 0.6 is 0 Å². The Morgan fingerprint density at radius 3 is 1.45 bits per heavy atom. The Hall–Kier alpha value is -7.50. The normalized spacial score (nSPS) is 12.0. The molecule has 1 nitrogen and oxygen atoms in total. The lowest BCUT2D eigenvalue weighted by Crippen LogP contribution is -2.16. The van der Waals surface area contributed by atoms with Gasteiger partial charge in [0.2, 0.25) is 0 Å². The van der Waals surface area contributed by atoms with Crippen LogP contribution in [0, 0.1) is 5.82 Å². The third-order valence-corrected chi connectivity index (χ3v) is 11.8. The smallest absolute Gasteiger partial charge is 0.406 e. The third-order valence-electron chi connectivity index (χ3n) is 11.8. The highest BCUT2D eigenvalue weighted by molar-refractivity contribution is 6.25. The van der Waals surface area contributed by atoms with Crippen molar-refractivity contribution in [1.82, 2.24) is 0 Å². The van der Waals surface area contributed by atoms with Crippen LogP contribution in [0.1, 0.15) is 0 Å². The number of alkyl halides is 3. The van der Waals surface area contributed by atoms with E-state index in [2.05, 4.69) is 144 Å². The lowest BCUT2D eigenvalue weighted by Gasteiger charge is -2.21. The Kier molecular flexibility index (Phi) is 8.21. The molecule has 0 atom stereocenters. The molecule has 0 spiro atoms. The van der Waals surface area contributed by atoms with E-state index in [1.165, 1.54) is 24.3 Å². The molecule has 286 valence electrons. The van der Waals surface area contributed by atoms with Crippen molar-refractivity contribution in [3.63, 3.8) is 0 Å². The molecule has 11 aromatic carbocycles. The van der Waals surface area contributed by atoms with E-state index < -0.39 is 6.36 Å². The second-order valence-corrected chi connectivity index (χ2v) is 15.3. The van der Waals surface area contributed by atoms with Gasteiger partial charge in [0, 0.05) is 0 Å². The van der Waals surface area contributed by atoms with Gasteiger partial charge < -0.3 is 4.74 Å². The zero-order valence-electron chi connectivity index (χ0n) is 31.9. The number of hydrogen-bond donors (Lipinski definition) is 0. The van der Waals surface area contributed by atoms with Crippen molar-refractivity contribution in [3.05, 3.63) is 200 Å². The second-order valence-electron chi connectivity index (χ2n) is 15.3. The van der Waals surface area contributed by atoms with Crippen molar-refractivity contribution in [1.29, 1.82) is 0 Å². The van der Waals surface area contributed by atoms with E-state index >= 15 is 0 Å². The fraction of sp³-hybridized carbons (Fsp3) is 0.0182. The van der Waals surface area contributed by atoms with Gasteiger partial charge in [-0.05, 0) is 170 Å². The van der Waals surface area contributed by atoms with E-state index in [1.54, 1.807) is 24.3 Å². The summed E-state index contributed by atoms with van der Waals surface area (Å²) in [4.78, 5) is 0. The standard InChI is InChI=1S/C55H32F4O/c56-40-22-17-33(18-23-40)35-21-26-44-39(27-35)32-51-50(49-28-36-9-1-3-11-42(36)45-13-5-7-15-47(45)49)30-38(34-19-24-41(25-20-34)60-55(57,58)59)31-53(51)54(44)52-29-37-10-2-4-12-43(37)46-14-6-8-16-48(46)52/h1-32H. The van der Waals surface area contributed by atoms with Crippen LogP contribution in [-0.4, -0.2) is 6.36 Å². The molecule has 11 rings (SSSR count). The summed E-state index contributed by atoms with van der Waals surface area (Å²) in [6, 6.07) is 64.0. The van der Waals surface area contributed by atoms with Gasteiger partial charge in [-0.3, -0.25) is 0 Å². The number of rotatable bonds is 5. The van der Waals surface area contributed by atoms with Gasteiger partial charge in [0.25, 0.3) is 0 Å². The van der Waals surface area contributed by atoms with Crippen molar-refractivity contribution in [2.75, 3.05) is 0 Å². The Morgan fingerprint density at radius 2 is 0.817 bits per heavy atom. The van der Waals surface area contributed by atoms with Crippen LogP contribution in [0.5, 0.6) is 5.75 Å². The SMILES string of the molecule is Fc1ccc(-c2ccc3c(-c4cc5ccccc5c5ccccc45)c4cc(-c5ccc(OC(F)(F)F)cc5)cc(-c5cc6ccccc6c6ccccc56)c4cc3c2)cc1. The first kappa shape index (κ1) is 35.6. The Bertz CT molecular complexity index is 3500. The van der Waals surface area contributed by atoms with Gasteiger partial charge in [-0.2, -0.15) is 0 Å². The average molecular weight is 785 g/mol. The fourth-order valence-electron chi connectivity index (χ4n) is 9.11. The zero-order chi connectivity index (χ0) is 40.5. The van der Waals surface area contributed by atoms with E-state index in [0.29, 0.717) is 0 Å². The molecular weight excluding hydrogens is 753 g/mol. The molecule has 0 aromatic heterocycles. The Labute approximate surface area is 342 Å². The van der Waals surface area contributed by atoms with Crippen molar-refractivity contribution < 1.29 is 22.3 Å². The van der Waals surface area contributed by atoms with Crippen molar-refractivity contribution in [2.45, 2.75) is 6.36 Å². The van der Waals surface area contributed by atoms with Gasteiger partial charge in [-0.1, -0.05) is 133 Å². The van der Waals surface area contributed by atoms with Crippen LogP contribution in [-0.2, 0) is 0 Å². The van der Waals surface area contributed by atoms with Gasteiger partial charge in [0.1, 0.15) is 11.6 Å². The van der Waals surface area contributed by atoms with Crippen LogP contribution in [0.2, 0.25) is 0 Å². The summed E-state index contributed by atoms with van der Waals surface area (Å²) in [6.45, 7) is 0. The molecule has 0 N–H and O–H groups in total. The molecule has 0 aliphatic heterocycles. The van der Waals surface area contributed by atoms with Crippen LogP contribution in [0.15, 0.2) is 194 Å². The van der Waals surface area contributed by atoms with Crippen molar-refractivity contribution >= 4 is 64.6 Å². The number of halogens is 4. The highest BCUT2D eigenvalue weighted by atomic mass is 19.4. The quantitative estimate of drug-likeness (QED) is 0.0959. The molecular formula is C55H32F4O. The largest absolute Gasteiger partial charge is 0.573 e. The minimum atomic E-state index is -4.80. The average Bonchev–Trinajstić information content (AvgIpc) is 3.27. The maximum Gasteiger partial charge on any atom is 0.573 e. The van der Waals surface area contributed by atoms with Crippen LogP contribution in [0.4, 0.5) is 17.6 Å². The number of ether oxygens (including phenoxy) is 1. The van der Waals surface area contributed by atoms with E-state index in [0.717, 1.165) is 109 Å². The molecule has 0 aliphatic rings. The minimum absolute atomic E-state index is 0.279. The van der Waals surface area contributed by atoms with Crippen molar-refractivity contribution in [2.24, 2.45) is 0 Å². The van der Waals surface area contributed by atoms with E-state index in [9.17, 15) is 17.6 Å². The lowest BCUT2D eigenvalue weighted by molar-refractivity contribution is -0.274. The molecule has 11 aromatic rings. The molecule has 60 heavy (non-hydrogen) atoms. The molecule has 0 unspecified atom stereocenters. The molecule has 0 radical (unpaired) electrons. The lowest BCUT2D eigenvalue weighted by atomic mass is 9.82. The Balaban J connectivity index is 1.30. The molecule has 0 amide bonds. The monoisotopic (exact) mass is 784 g/mol. The summed E-state index contributed by atoms with van der Waals surface area (Å²) in [7, 11) is 0. The van der Waals surface area contributed by atoms with E-state index in [-0.39, 0.29) is 11.6 Å². The summed E-state index contributed by atoms with van der Waals surface area (Å²) in [5, 5.41) is 13.0. The van der Waals surface area contributed by atoms with Crippen LogP contribution < -0.4 is 4.74 Å². The van der Waals surface area contributed by atoms with Crippen molar-refractivity contribution in [3.8, 4) is 50.3 Å². The first-order valence-electron chi connectivity index (χ1n) is 19.7. The molecule has 0 saturated heterocycles. The molecule has 0 fully saturated rings. The van der Waals surface area contributed by atoms with E-state index in [4.69, 9.17) is 0 Å². The third kappa shape index (κ3) is 6.09. The van der Waals surface area contributed by atoms with E-state index in [1.807, 2.05) is 6.07 Å². The highest BCUT2D eigenvalue weighted by Crippen LogP contribution is 2.48. The molecule has 0 aliphatic carbocycles. The fourth-order valence-corrected chi connectivity index (χ4v) is 9.11. The number of benzene rings is 11. The second kappa shape index (κ2) is 13.8. The minimum Gasteiger partial charge on any atom is -0.406 e. The summed E-state index contributed by atoms with van der Waals surface area (Å²) < 4.78 is 58.2. The van der Waals surface area contributed by atoms with Gasteiger partial charge in [0.15, 0.2) is 0 Å². The van der Waals surface area contributed by atoms with Gasteiger partial charge >= 0.3 is 6.36 Å². The molecule has 5 heteroatoms. The summed E-state index contributed by atoms with van der Waals surface area (Å²) in [5.74, 6) is -0.569. The van der Waals surface area contributed by atoms with Gasteiger partial charge in [0.05, 0.1) is 0 Å². The molecule has 0 heterocycles. The van der Waals surface area contributed by atoms with Gasteiger partial charge in [-0.25, -0.2) is 4.39 Å². The highest BCUT2D eigenvalue weighted by Gasteiger charge is 2.31. The molecule has 0 saturated carbocycles. The maximum atomic E-state index is 14.1. The summed E-state index contributed by atoms with van der Waals surface area (Å²) >= 11 is 0. The topological polar surface area (TPSA) is 9.23 Å².